The standard InChI is InChI=1S/C33H56N6O7/c1-22(2)25(17-24-11-12-29(44-9)30(18-24)45-16-10-15-43-8)19-27(36-32(42)46-33(5,6)7)28(40)20-26(23(3)4)31(41)34-13-14-39-21-35-37-38-39/h11-12,18,21-23,25-28,40H,10,13-17,19-20H2,1-9H3,(H,34,41)(H,36,42)/t25-,26-,27-,28-/m0/s1. The van der Waals surface area contributed by atoms with Crippen LogP contribution in [0.2, 0.25) is 0 Å². The highest BCUT2D eigenvalue weighted by Crippen LogP contribution is 2.32. The number of aliphatic hydroxyl groups excluding tert-OH is 1. The molecule has 1 aromatic heterocycles. The number of aromatic nitrogens is 4. The number of nitrogens with one attached hydrogen (secondary N) is 2. The smallest absolute Gasteiger partial charge is 0.407 e. The average molecular weight is 649 g/mol. The summed E-state index contributed by atoms with van der Waals surface area (Å²) in [4.78, 5) is 26.2. The number of carbonyl (C=O) groups excluding carboxylic acids is 2. The second-order valence-corrected chi connectivity index (χ2v) is 13.4. The van der Waals surface area contributed by atoms with E-state index in [2.05, 4.69) is 40.0 Å². The molecule has 0 spiro atoms. The summed E-state index contributed by atoms with van der Waals surface area (Å²) < 4.78 is 23.7. The van der Waals surface area contributed by atoms with Crippen molar-refractivity contribution in [2.24, 2.45) is 23.7 Å². The Bertz CT molecular complexity index is 1170. The van der Waals surface area contributed by atoms with Crippen LogP contribution in [0.5, 0.6) is 11.5 Å². The first kappa shape index (κ1) is 38.7. The average Bonchev–Trinajstić information content (AvgIpc) is 3.49. The fraction of sp³-hybridized carbons (Fsp3) is 0.727. The lowest BCUT2D eigenvalue weighted by Crippen LogP contribution is -2.49. The summed E-state index contributed by atoms with van der Waals surface area (Å²) >= 11 is 0. The molecule has 0 aliphatic heterocycles. The highest BCUT2D eigenvalue weighted by Gasteiger charge is 2.33. The van der Waals surface area contributed by atoms with Crippen molar-refractivity contribution in [3.8, 4) is 11.5 Å². The van der Waals surface area contributed by atoms with Crippen LogP contribution in [0.3, 0.4) is 0 Å². The number of benzene rings is 1. The lowest BCUT2D eigenvalue weighted by atomic mass is 9.80. The van der Waals surface area contributed by atoms with Crippen LogP contribution in [0.25, 0.3) is 0 Å². The summed E-state index contributed by atoms with van der Waals surface area (Å²) in [5.74, 6) is 0.905. The Morgan fingerprint density at radius 2 is 1.76 bits per heavy atom. The molecule has 0 bridgehead atoms. The molecule has 0 saturated heterocycles. The van der Waals surface area contributed by atoms with Crippen LogP contribution in [0.4, 0.5) is 4.79 Å². The Kier molecular flexibility index (Phi) is 16.2. The Morgan fingerprint density at radius 1 is 1.02 bits per heavy atom. The van der Waals surface area contributed by atoms with Gasteiger partial charge < -0.3 is 34.7 Å². The van der Waals surface area contributed by atoms with E-state index in [1.165, 1.54) is 11.0 Å². The van der Waals surface area contributed by atoms with Crippen LogP contribution in [-0.2, 0) is 27.2 Å². The Hall–Kier alpha value is -3.45. The number of hydrogen-bond donors (Lipinski definition) is 3. The molecule has 0 unspecified atom stereocenters. The number of hydrogen-bond acceptors (Lipinski definition) is 10. The molecule has 1 aromatic carbocycles. The fourth-order valence-corrected chi connectivity index (χ4v) is 5.15. The maximum atomic E-state index is 13.2. The van der Waals surface area contributed by atoms with Gasteiger partial charge in [0.1, 0.15) is 11.9 Å². The minimum atomic E-state index is -0.998. The summed E-state index contributed by atoms with van der Waals surface area (Å²) in [6.07, 6.45) is 1.95. The number of aliphatic hydroxyl groups is 1. The van der Waals surface area contributed by atoms with E-state index < -0.39 is 29.8 Å². The topological polar surface area (TPSA) is 159 Å². The third-order valence-corrected chi connectivity index (χ3v) is 7.81. The molecular formula is C33H56N6O7. The van der Waals surface area contributed by atoms with Crippen molar-refractivity contribution in [3.63, 3.8) is 0 Å². The number of amides is 2. The first-order valence-corrected chi connectivity index (χ1v) is 16.2. The lowest BCUT2D eigenvalue weighted by molar-refractivity contribution is -0.127. The number of rotatable bonds is 20. The molecule has 2 aromatic rings. The van der Waals surface area contributed by atoms with Gasteiger partial charge in [0.05, 0.1) is 32.4 Å². The first-order chi connectivity index (χ1) is 21.7. The quantitative estimate of drug-likeness (QED) is 0.179. The van der Waals surface area contributed by atoms with E-state index in [-0.39, 0.29) is 30.1 Å². The number of nitrogens with zero attached hydrogens (tertiary/aromatic N) is 4. The third-order valence-electron chi connectivity index (χ3n) is 7.81. The van der Waals surface area contributed by atoms with E-state index in [9.17, 15) is 14.7 Å². The lowest BCUT2D eigenvalue weighted by Gasteiger charge is -2.33. The van der Waals surface area contributed by atoms with Crippen molar-refractivity contribution in [2.75, 3.05) is 34.0 Å². The van der Waals surface area contributed by atoms with Crippen molar-refractivity contribution in [2.45, 2.75) is 98.4 Å². The number of carbonyl (C=O) groups is 2. The van der Waals surface area contributed by atoms with Gasteiger partial charge in [0, 0.05) is 32.6 Å². The zero-order chi connectivity index (χ0) is 34.3. The van der Waals surface area contributed by atoms with E-state index >= 15 is 0 Å². The van der Waals surface area contributed by atoms with Gasteiger partial charge in [-0.3, -0.25) is 4.79 Å². The maximum absolute atomic E-state index is 13.2. The van der Waals surface area contributed by atoms with E-state index in [4.69, 9.17) is 18.9 Å². The second kappa shape index (κ2) is 19.3. The van der Waals surface area contributed by atoms with Gasteiger partial charge in [0.2, 0.25) is 5.91 Å². The Morgan fingerprint density at radius 3 is 2.35 bits per heavy atom. The normalized spacial score (nSPS) is 14.4. The predicted octanol–water partition coefficient (Wildman–Crippen LogP) is 4.03. The predicted molar refractivity (Wildman–Crippen MR) is 175 cm³/mol. The van der Waals surface area contributed by atoms with Crippen LogP contribution in [-0.4, -0.2) is 89.0 Å². The van der Waals surface area contributed by atoms with Crippen LogP contribution >= 0.6 is 0 Å². The summed E-state index contributed by atoms with van der Waals surface area (Å²) in [6.45, 7) is 15.4. The van der Waals surface area contributed by atoms with Crippen molar-refractivity contribution in [1.29, 1.82) is 0 Å². The molecule has 0 radical (unpaired) electrons. The minimum Gasteiger partial charge on any atom is -0.493 e. The SMILES string of the molecule is COCCCOc1cc(C[C@@H](C[C@H](NC(=O)OC(C)(C)C)[C@@H](O)C[C@H](C(=O)NCCn2cnnn2)C(C)C)C(C)C)ccc1OC. The van der Waals surface area contributed by atoms with Gasteiger partial charge in [-0.2, -0.15) is 0 Å². The van der Waals surface area contributed by atoms with Gasteiger partial charge in [0.25, 0.3) is 0 Å². The van der Waals surface area contributed by atoms with Gasteiger partial charge in [-0.1, -0.05) is 33.8 Å². The molecular weight excluding hydrogens is 592 g/mol. The molecule has 0 fully saturated rings. The molecule has 1 heterocycles. The molecule has 260 valence electrons. The van der Waals surface area contributed by atoms with E-state index in [0.717, 1.165) is 12.0 Å². The molecule has 0 saturated carbocycles. The summed E-state index contributed by atoms with van der Waals surface area (Å²) in [7, 11) is 3.27. The first-order valence-electron chi connectivity index (χ1n) is 16.2. The van der Waals surface area contributed by atoms with E-state index in [1.807, 2.05) is 32.0 Å². The fourth-order valence-electron chi connectivity index (χ4n) is 5.15. The summed E-state index contributed by atoms with van der Waals surface area (Å²) in [5.41, 5.74) is 0.341. The number of ether oxygens (including phenoxy) is 4. The van der Waals surface area contributed by atoms with Crippen molar-refractivity contribution >= 4 is 12.0 Å². The molecule has 4 atom stereocenters. The van der Waals surface area contributed by atoms with Gasteiger partial charge in [-0.15, -0.1) is 5.10 Å². The summed E-state index contributed by atoms with van der Waals surface area (Å²) in [5, 5.41) is 28.5. The van der Waals surface area contributed by atoms with Crippen molar-refractivity contribution in [1.82, 2.24) is 30.8 Å². The molecule has 2 amide bonds. The molecule has 3 N–H and O–H groups in total. The summed E-state index contributed by atoms with van der Waals surface area (Å²) in [6, 6.07) is 5.25. The zero-order valence-electron chi connectivity index (χ0n) is 29.1. The van der Waals surface area contributed by atoms with Gasteiger partial charge in [0.15, 0.2) is 11.5 Å². The second-order valence-electron chi connectivity index (χ2n) is 13.4. The monoisotopic (exact) mass is 648 g/mol. The maximum Gasteiger partial charge on any atom is 0.407 e. The third kappa shape index (κ3) is 13.9. The van der Waals surface area contributed by atoms with Crippen LogP contribution in [0.1, 0.15) is 73.3 Å². The van der Waals surface area contributed by atoms with Crippen LogP contribution in [0.15, 0.2) is 24.5 Å². The van der Waals surface area contributed by atoms with E-state index in [0.29, 0.717) is 50.6 Å². The zero-order valence-corrected chi connectivity index (χ0v) is 29.1. The van der Waals surface area contributed by atoms with Crippen molar-refractivity contribution < 1.29 is 33.6 Å². The molecule has 46 heavy (non-hydrogen) atoms. The number of tetrazole rings is 1. The number of alkyl carbamates (subject to hydrolysis) is 1. The molecule has 0 aliphatic rings. The minimum absolute atomic E-state index is 0.0487. The largest absolute Gasteiger partial charge is 0.493 e. The highest BCUT2D eigenvalue weighted by molar-refractivity contribution is 5.78. The van der Waals surface area contributed by atoms with Crippen LogP contribution < -0.4 is 20.1 Å². The Balaban J connectivity index is 2.23. The van der Waals surface area contributed by atoms with Gasteiger partial charge in [-0.05, 0) is 85.9 Å². The van der Waals surface area contributed by atoms with Crippen LogP contribution in [0, 0.1) is 23.7 Å². The highest BCUT2D eigenvalue weighted by atomic mass is 16.6. The van der Waals surface area contributed by atoms with E-state index in [1.54, 1.807) is 35.0 Å². The molecule has 2 rings (SSSR count). The molecule has 13 heteroatoms. The molecule has 13 nitrogen and oxygen atoms in total. The van der Waals surface area contributed by atoms with Gasteiger partial charge in [-0.25, -0.2) is 9.48 Å². The van der Waals surface area contributed by atoms with Crippen molar-refractivity contribution in [3.05, 3.63) is 30.1 Å². The Labute approximate surface area is 274 Å². The molecule has 0 aliphatic carbocycles. The number of methoxy groups -OCH3 is 2. The van der Waals surface area contributed by atoms with Gasteiger partial charge >= 0.3 is 6.09 Å².